The van der Waals surface area contributed by atoms with E-state index in [-0.39, 0.29) is 24.2 Å². The van der Waals surface area contributed by atoms with Crippen LogP contribution in [-0.2, 0) is 19.1 Å². The Hall–Kier alpha value is -1.59. The van der Waals surface area contributed by atoms with Crippen LogP contribution in [0.2, 0.25) is 0 Å². The van der Waals surface area contributed by atoms with Gasteiger partial charge in [-0.1, -0.05) is 6.92 Å². The number of primary amides is 1. The van der Waals surface area contributed by atoms with Crippen molar-refractivity contribution in [2.24, 2.45) is 17.6 Å². The molecule has 0 aromatic heterocycles. The molecule has 3 N–H and O–H groups in total. The van der Waals surface area contributed by atoms with Crippen molar-refractivity contribution in [2.75, 3.05) is 6.61 Å². The van der Waals surface area contributed by atoms with Crippen molar-refractivity contribution in [3.63, 3.8) is 0 Å². The molecule has 0 heterocycles. The monoisotopic (exact) mass is 256 g/mol. The third-order valence-corrected chi connectivity index (χ3v) is 2.92. The first-order chi connectivity index (χ1) is 8.45. The van der Waals surface area contributed by atoms with Gasteiger partial charge in [-0.25, -0.2) is 0 Å². The van der Waals surface area contributed by atoms with Crippen LogP contribution in [0, 0.1) is 11.8 Å². The summed E-state index contributed by atoms with van der Waals surface area (Å²) in [4.78, 5) is 34.2. The molecule has 0 aliphatic heterocycles. The molecule has 0 saturated heterocycles. The number of nitrogens with one attached hydrogen (secondary N) is 1. The van der Waals surface area contributed by atoms with Crippen LogP contribution in [-0.4, -0.2) is 30.4 Å². The van der Waals surface area contributed by atoms with Crippen molar-refractivity contribution >= 4 is 17.8 Å². The lowest BCUT2D eigenvalue weighted by Gasteiger charge is -2.21. The van der Waals surface area contributed by atoms with E-state index in [0.717, 1.165) is 12.8 Å². The van der Waals surface area contributed by atoms with E-state index in [1.165, 1.54) is 0 Å². The van der Waals surface area contributed by atoms with Gasteiger partial charge in [0.2, 0.25) is 11.8 Å². The summed E-state index contributed by atoms with van der Waals surface area (Å²) in [7, 11) is 0. The summed E-state index contributed by atoms with van der Waals surface area (Å²) in [5.41, 5.74) is 5.25. The van der Waals surface area contributed by atoms with E-state index in [1.807, 2.05) is 0 Å². The highest BCUT2D eigenvalue weighted by atomic mass is 16.5. The Bertz CT molecular complexity index is 339. The molecule has 6 heteroatoms. The van der Waals surface area contributed by atoms with Gasteiger partial charge in [0.05, 0.1) is 13.0 Å². The Kier molecular flexibility index (Phi) is 5.12. The molecule has 2 amide bonds. The van der Waals surface area contributed by atoms with Gasteiger partial charge >= 0.3 is 5.97 Å². The van der Waals surface area contributed by atoms with E-state index in [0.29, 0.717) is 6.61 Å². The smallest absolute Gasteiger partial charge is 0.306 e. The minimum Gasteiger partial charge on any atom is -0.466 e. The van der Waals surface area contributed by atoms with Crippen molar-refractivity contribution in [1.29, 1.82) is 0 Å². The first-order valence-corrected chi connectivity index (χ1v) is 6.21. The molecule has 0 aromatic carbocycles. The van der Waals surface area contributed by atoms with Crippen LogP contribution < -0.4 is 11.1 Å². The molecule has 0 unspecified atom stereocenters. The van der Waals surface area contributed by atoms with Crippen LogP contribution in [0.5, 0.6) is 0 Å². The molecule has 1 rings (SSSR count). The highest BCUT2D eigenvalue weighted by molar-refractivity contribution is 5.89. The number of rotatable bonds is 7. The van der Waals surface area contributed by atoms with Crippen LogP contribution in [0.1, 0.15) is 33.1 Å². The predicted octanol–water partition coefficient (Wildman–Crippen LogP) is -0.0442. The Morgan fingerprint density at radius 2 is 2.00 bits per heavy atom. The van der Waals surface area contributed by atoms with Gasteiger partial charge in [-0.05, 0) is 25.7 Å². The van der Waals surface area contributed by atoms with E-state index in [1.54, 1.807) is 13.8 Å². The molecule has 0 bridgehead atoms. The maximum atomic E-state index is 11.6. The molecule has 1 aliphatic rings. The first kappa shape index (κ1) is 14.5. The van der Waals surface area contributed by atoms with Crippen LogP contribution >= 0.6 is 0 Å². The molecular formula is C12H20N2O4. The Morgan fingerprint density at radius 1 is 1.39 bits per heavy atom. The number of hydrogen-bond acceptors (Lipinski definition) is 4. The number of carbonyl (C=O) groups excluding carboxylic acids is 3. The van der Waals surface area contributed by atoms with E-state index < -0.39 is 17.9 Å². The second-order valence-corrected chi connectivity index (χ2v) is 4.65. The summed E-state index contributed by atoms with van der Waals surface area (Å²) >= 11 is 0. The van der Waals surface area contributed by atoms with Crippen molar-refractivity contribution in [2.45, 2.75) is 39.2 Å². The molecule has 102 valence electrons. The summed E-state index contributed by atoms with van der Waals surface area (Å²) in [6.45, 7) is 3.70. The standard InChI is InChI=1S/C12H20N2O4/c1-3-18-9(15)6-7(2)10(11(13)16)14-12(17)8-4-5-8/h7-8,10H,3-6H2,1-2H3,(H2,13,16)(H,14,17)/t7-,10+/m0/s1. The SMILES string of the molecule is CCOC(=O)C[C@H](C)[C@@H](NC(=O)C1CC1)C(N)=O. The lowest BCUT2D eigenvalue weighted by Crippen LogP contribution is -2.49. The molecule has 0 aromatic rings. The van der Waals surface area contributed by atoms with E-state index in [9.17, 15) is 14.4 Å². The van der Waals surface area contributed by atoms with Crippen molar-refractivity contribution < 1.29 is 19.1 Å². The fourth-order valence-corrected chi connectivity index (χ4v) is 1.71. The van der Waals surface area contributed by atoms with E-state index in [2.05, 4.69) is 5.32 Å². The van der Waals surface area contributed by atoms with Gasteiger partial charge in [0.25, 0.3) is 0 Å². The summed E-state index contributed by atoms with van der Waals surface area (Å²) in [6, 6.07) is -0.817. The Labute approximate surface area is 106 Å². The van der Waals surface area contributed by atoms with Gasteiger partial charge in [0, 0.05) is 5.92 Å². The van der Waals surface area contributed by atoms with Crippen LogP contribution in [0.25, 0.3) is 0 Å². The second kappa shape index (κ2) is 6.37. The lowest BCUT2D eigenvalue weighted by atomic mass is 9.97. The molecular weight excluding hydrogens is 236 g/mol. The molecule has 1 saturated carbocycles. The number of esters is 1. The van der Waals surface area contributed by atoms with Crippen LogP contribution in [0.3, 0.4) is 0 Å². The van der Waals surface area contributed by atoms with Gasteiger partial charge in [-0.15, -0.1) is 0 Å². The van der Waals surface area contributed by atoms with Crippen LogP contribution in [0.4, 0.5) is 0 Å². The number of ether oxygens (including phenoxy) is 1. The van der Waals surface area contributed by atoms with E-state index in [4.69, 9.17) is 10.5 Å². The molecule has 6 nitrogen and oxygen atoms in total. The summed E-state index contributed by atoms with van der Waals surface area (Å²) in [6.07, 6.45) is 1.76. The fourth-order valence-electron chi connectivity index (χ4n) is 1.71. The topological polar surface area (TPSA) is 98.5 Å². The third-order valence-electron chi connectivity index (χ3n) is 2.92. The second-order valence-electron chi connectivity index (χ2n) is 4.65. The van der Waals surface area contributed by atoms with E-state index >= 15 is 0 Å². The molecule has 0 radical (unpaired) electrons. The number of hydrogen-bond donors (Lipinski definition) is 2. The van der Waals surface area contributed by atoms with Gasteiger partial charge in [0.1, 0.15) is 6.04 Å². The highest BCUT2D eigenvalue weighted by Gasteiger charge is 2.34. The van der Waals surface area contributed by atoms with Gasteiger partial charge in [0.15, 0.2) is 0 Å². The number of nitrogens with two attached hydrogens (primary N) is 1. The highest BCUT2D eigenvalue weighted by Crippen LogP contribution is 2.29. The summed E-state index contributed by atoms with van der Waals surface area (Å²) in [5.74, 6) is -1.54. The van der Waals surface area contributed by atoms with Crippen molar-refractivity contribution in [3.8, 4) is 0 Å². The zero-order valence-corrected chi connectivity index (χ0v) is 10.8. The zero-order chi connectivity index (χ0) is 13.7. The maximum Gasteiger partial charge on any atom is 0.306 e. The minimum absolute atomic E-state index is 0.00152. The van der Waals surface area contributed by atoms with Gasteiger partial charge < -0.3 is 15.8 Å². The molecule has 18 heavy (non-hydrogen) atoms. The lowest BCUT2D eigenvalue weighted by molar-refractivity contribution is -0.145. The summed E-state index contributed by atoms with van der Waals surface area (Å²) < 4.78 is 4.80. The largest absolute Gasteiger partial charge is 0.466 e. The quantitative estimate of drug-likeness (QED) is 0.624. The Balaban J connectivity index is 2.51. The third kappa shape index (κ3) is 4.35. The maximum absolute atomic E-state index is 11.6. The molecule has 1 fully saturated rings. The Morgan fingerprint density at radius 3 is 2.44 bits per heavy atom. The zero-order valence-electron chi connectivity index (χ0n) is 10.8. The summed E-state index contributed by atoms with van der Waals surface area (Å²) in [5, 5.41) is 2.60. The fraction of sp³-hybridized carbons (Fsp3) is 0.750. The molecule has 0 spiro atoms. The van der Waals surface area contributed by atoms with Gasteiger partial charge in [-0.3, -0.25) is 14.4 Å². The van der Waals surface area contributed by atoms with Crippen LogP contribution in [0.15, 0.2) is 0 Å². The van der Waals surface area contributed by atoms with Crippen molar-refractivity contribution in [1.82, 2.24) is 5.32 Å². The minimum atomic E-state index is -0.817. The average Bonchev–Trinajstić information content (AvgIpc) is 3.08. The predicted molar refractivity (Wildman–Crippen MR) is 64.3 cm³/mol. The van der Waals surface area contributed by atoms with Gasteiger partial charge in [-0.2, -0.15) is 0 Å². The number of carbonyl (C=O) groups is 3. The molecule has 2 atom stereocenters. The normalized spacial score (nSPS) is 17.7. The van der Waals surface area contributed by atoms with Crippen molar-refractivity contribution in [3.05, 3.63) is 0 Å². The first-order valence-electron chi connectivity index (χ1n) is 6.21. The average molecular weight is 256 g/mol. The molecule has 1 aliphatic carbocycles. The number of amides is 2.